The van der Waals surface area contributed by atoms with Gasteiger partial charge in [-0.3, -0.25) is 0 Å². The fraction of sp³-hybridized carbons (Fsp3) is 0.714. The predicted octanol–water partition coefficient (Wildman–Crippen LogP) is 2.53. The standard InChI is InChI=1S/C14H26N2O3/c1-9(2)7-8-14(5,6)16-13(19)15-11(10(3)4)12(17)18/h10-11H,1,7-8H2,2-6H3,(H,17,18)(H2,15,16,19)/t11-/m0/s1. The molecule has 0 saturated heterocycles. The summed E-state index contributed by atoms with van der Waals surface area (Å²) in [5, 5.41) is 14.3. The minimum absolute atomic E-state index is 0.165. The number of carbonyl (C=O) groups is 2. The van der Waals surface area contributed by atoms with E-state index in [1.807, 2.05) is 20.8 Å². The van der Waals surface area contributed by atoms with Gasteiger partial charge < -0.3 is 15.7 Å². The Hall–Kier alpha value is -1.52. The van der Waals surface area contributed by atoms with Crippen LogP contribution in [0.4, 0.5) is 4.79 Å². The number of hydrogen-bond donors (Lipinski definition) is 3. The number of carbonyl (C=O) groups excluding carboxylic acids is 1. The third-order valence-electron chi connectivity index (χ3n) is 2.85. The van der Waals surface area contributed by atoms with Gasteiger partial charge in [0.25, 0.3) is 0 Å². The number of rotatable bonds is 7. The highest BCUT2D eigenvalue weighted by Crippen LogP contribution is 2.14. The number of nitrogens with one attached hydrogen (secondary N) is 2. The minimum atomic E-state index is -1.02. The van der Waals surface area contributed by atoms with E-state index in [0.717, 1.165) is 18.4 Å². The first-order valence-corrected chi connectivity index (χ1v) is 6.51. The van der Waals surface area contributed by atoms with Crippen molar-refractivity contribution in [2.75, 3.05) is 0 Å². The largest absolute Gasteiger partial charge is 0.480 e. The Morgan fingerprint density at radius 1 is 1.32 bits per heavy atom. The average molecular weight is 270 g/mol. The third-order valence-corrected chi connectivity index (χ3v) is 2.85. The van der Waals surface area contributed by atoms with Gasteiger partial charge in [0.15, 0.2) is 0 Å². The van der Waals surface area contributed by atoms with Crippen LogP contribution >= 0.6 is 0 Å². The van der Waals surface area contributed by atoms with E-state index in [1.54, 1.807) is 13.8 Å². The molecule has 110 valence electrons. The highest BCUT2D eigenvalue weighted by atomic mass is 16.4. The highest BCUT2D eigenvalue weighted by Gasteiger charge is 2.26. The first kappa shape index (κ1) is 17.5. The zero-order chi connectivity index (χ0) is 15.2. The van der Waals surface area contributed by atoms with E-state index < -0.39 is 23.6 Å². The Morgan fingerprint density at radius 3 is 2.21 bits per heavy atom. The Bertz CT molecular complexity index is 349. The summed E-state index contributed by atoms with van der Waals surface area (Å²) in [6.07, 6.45) is 1.58. The summed E-state index contributed by atoms with van der Waals surface area (Å²) in [7, 11) is 0. The van der Waals surface area contributed by atoms with Gasteiger partial charge in [0.2, 0.25) is 0 Å². The third kappa shape index (κ3) is 7.49. The normalized spacial score (nSPS) is 12.9. The molecule has 5 nitrogen and oxygen atoms in total. The second-order valence-electron chi connectivity index (χ2n) is 6.00. The molecule has 5 heteroatoms. The second-order valence-corrected chi connectivity index (χ2v) is 6.00. The smallest absolute Gasteiger partial charge is 0.326 e. The number of amides is 2. The lowest BCUT2D eigenvalue weighted by molar-refractivity contribution is -0.140. The number of carboxylic acids is 1. The van der Waals surface area contributed by atoms with Gasteiger partial charge in [-0.25, -0.2) is 9.59 Å². The van der Waals surface area contributed by atoms with Crippen LogP contribution in [0.2, 0.25) is 0 Å². The van der Waals surface area contributed by atoms with Gasteiger partial charge in [0.1, 0.15) is 6.04 Å². The monoisotopic (exact) mass is 270 g/mol. The maximum atomic E-state index is 11.8. The van der Waals surface area contributed by atoms with Gasteiger partial charge in [-0.05, 0) is 39.5 Å². The molecule has 2 amide bonds. The van der Waals surface area contributed by atoms with Crippen LogP contribution < -0.4 is 10.6 Å². The molecule has 0 aliphatic rings. The van der Waals surface area contributed by atoms with Gasteiger partial charge in [-0.1, -0.05) is 19.4 Å². The summed E-state index contributed by atoms with van der Waals surface area (Å²) in [6.45, 7) is 13.1. The molecule has 1 atom stereocenters. The first-order chi connectivity index (χ1) is 8.55. The van der Waals surface area contributed by atoms with Crippen LogP contribution in [-0.4, -0.2) is 28.7 Å². The second kappa shape index (κ2) is 7.16. The van der Waals surface area contributed by atoms with E-state index in [0.29, 0.717) is 0 Å². The summed E-state index contributed by atoms with van der Waals surface area (Å²) >= 11 is 0. The molecular formula is C14H26N2O3. The van der Waals surface area contributed by atoms with Gasteiger partial charge in [0.05, 0.1) is 0 Å². The Labute approximate surface area is 115 Å². The zero-order valence-electron chi connectivity index (χ0n) is 12.5. The lowest BCUT2D eigenvalue weighted by atomic mass is 9.96. The van der Waals surface area contributed by atoms with E-state index in [1.165, 1.54) is 0 Å². The molecule has 0 unspecified atom stereocenters. The van der Waals surface area contributed by atoms with Crippen LogP contribution in [0, 0.1) is 5.92 Å². The maximum Gasteiger partial charge on any atom is 0.326 e. The SMILES string of the molecule is C=C(C)CCC(C)(C)NC(=O)N[C@H](C(=O)O)C(C)C. The summed E-state index contributed by atoms with van der Waals surface area (Å²) < 4.78 is 0. The summed E-state index contributed by atoms with van der Waals surface area (Å²) in [4.78, 5) is 22.8. The summed E-state index contributed by atoms with van der Waals surface area (Å²) in [5.41, 5.74) is 0.657. The van der Waals surface area contributed by atoms with Crippen molar-refractivity contribution in [1.29, 1.82) is 0 Å². The van der Waals surface area contributed by atoms with Gasteiger partial charge in [-0.15, -0.1) is 6.58 Å². The van der Waals surface area contributed by atoms with E-state index >= 15 is 0 Å². The van der Waals surface area contributed by atoms with E-state index in [9.17, 15) is 9.59 Å². The molecule has 0 aromatic carbocycles. The van der Waals surface area contributed by atoms with Crippen LogP contribution in [-0.2, 0) is 4.79 Å². The molecule has 0 aromatic rings. The lowest BCUT2D eigenvalue weighted by Crippen LogP contribution is -2.54. The van der Waals surface area contributed by atoms with Crippen molar-refractivity contribution in [2.24, 2.45) is 5.92 Å². The quantitative estimate of drug-likeness (QED) is 0.622. The van der Waals surface area contributed by atoms with Crippen molar-refractivity contribution in [3.8, 4) is 0 Å². The van der Waals surface area contributed by atoms with Crippen LogP contribution in [0.25, 0.3) is 0 Å². The lowest BCUT2D eigenvalue weighted by Gasteiger charge is -2.28. The van der Waals surface area contributed by atoms with E-state index in [2.05, 4.69) is 17.2 Å². The minimum Gasteiger partial charge on any atom is -0.480 e. The number of carboxylic acid groups (broad SMARTS) is 1. The molecule has 19 heavy (non-hydrogen) atoms. The van der Waals surface area contributed by atoms with Crippen molar-refractivity contribution >= 4 is 12.0 Å². The number of hydrogen-bond acceptors (Lipinski definition) is 2. The fourth-order valence-electron chi connectivity index (χ4n) is 1.59. The van der Waals surface area contributed by atoms with Crippen LogP contribution in [0.3, 0.4) is 0 Å². The van der Waals surface area contributed by atoms with Crippen LogP contribution in [0.15, 0.2) is 12.2 Å². The number of allylic oxidation sites excluding steroid dienone is 1. The van der Waals surface area contributed by atoms with E-state index in [-0.39, 0.29) is 5.92 Å². The number of aliphatic carboxylic acids is 1. The zero-order valence-corrected chi connectivity index (χ0v) is 12.5. The van der Waals surface area contributed by atoms with Crippen molar-refractivity contribution < 1.29 is 14.7 Å². The molecule has 0 rings (SSSR count). The Kier molecular flexibility index (Phi) is 6.59. The van der Waals surface area contributed by atoms with E-state index in [4.69, 9.17) is 5.11 Å². The molecule has 0 aliphatic heterocycles. The van der Waals surface area contributed by atoms with Crippen molar-refractivity contribution in [3.05, 3.63) is 12.2 Å². The molecule has 0 saturated carbocycles. The molecule has 0 fully saturated rings. The van der Waals surface area contributed by atoms with Crippen LogP contribution in [0.1, 0.15) is 47.5 Å². The highest BCUT2D eigenvalue weighted by molar-refractivity contribution is 5.83. The van der Waals surface area contributed by atoms with Gasteiger partial charge in [0, 0.05) is 5.54 Å². The molecule has 0 aliphatic carbocycles. The molecule has 3 N–H and O–H groups in total. The van der Waals surface area contributed by atoms with Crippen molar-refractivity contribution in [2.45, 2.75) is 59.0 Å². The summed E-state index contributed by atoms with van der Waals surface area (Å²) in [5.74, 6) is -1.19. The maximum absolute atomic E-state index is 11.8. The Balaban J connectivity index is 4.43. The Morgan fingerprint density at radius 2 is 1.84 bits per heavy atom. The topological polar surface area (TPSA) is 78.4 Å². The van der Waals surface area contributed by atoms with Gasteiger partial charge in [-0.2, -0.15) is 0 Å². The van der Waals surface area contributed by atoms with Crippen molar-refractivity contribution in [1.82, 2.24) is 10.6 Å². The molecule has 0 spiro atoms. The first-order valence-electron chi connectivity index (χ1n) is 6.51. The average Bonchev–Trinajstić information content (AvgIpc) is 2.22. The molecule has 0 heterocycles. The van der Waals surface area contributed by atoms with Crippen molar-refractivity contribution in [3.63, 3.8) is 0 Å². The molecule has 0 radical (unpaired) electrons. The number of urea groups is 1. The molecule has 0 aromatic heterocycles. The fourth-order valence-corrected chi connectivity index (χ4v) is 1.59. The molecule has 0 bridgehead atoms. The molecular weight excluding hydrogens is 244 g/mol. The van der Waals surface area contributed by atoms with Crippen LogP contribution in [0.5, 0.6) is 0 Å². The van der Waals surface area contributed by atoms with Gasteiger partial charge >= 0.3 is 12.0 Å². The summed E-state index contributed by atoms with van der Waals surface area (Å²) in [6, 6.07) is -1.33. The predicted molar refractivity (Wildman–Crippen MR) is 76.1 cm³/mol.